The number of unbranched alkanes of at least 4 members (excludes halogenated alkanes) is 1. The second kappa shape index (κ2) is 13.1. The molecule has 0 aliphatic heterocycles. The van der Waals surface area contributed by atoms with Gasteiger partial charge >= 0.3 is 6.36 Å². The quantitative estimate of drug-likeness (QED) is 0.276. The molecule has 3 aromatic rings. The average Bonchev–Trinajstić information content (AvgIpc) is 3.33. The van der Waals surface area contributed by atoms with Gasteiger partial charge < -0.3 is 20.5 Å². The molecule has 3 N–H and O–H groups in total. The Morgan fingerprint density at radius 2 is 1.85 bits per heavy atom. The van der Waals surface area contributed by atoms with Gasteiger partial charge in [0.05, 0.1) is 17.5 Å². The Hall–Kier alpha value is -4.07. The molecule has 2 amide bonds. The highest BCUT2D eigenvalue weighted by Gasteiger charge is 2.31. The van der Waals surface area contributed by atoms with Gasteiger partial charge in [-0.15, -0.1) is 23.4 Å². The lowest BCUT2D eigenvalue weighted by Gasteiger charge is -2.16. The number of anilines is 1. The van der Waals surface area contributed by atoms with Gasteiger partial charge in [-0.1, -0.05) is 17.3 Å². The number of benzene rings is 1. The fourth-order valence-electron chi connectivity index (χ4n) is 3.40. The van der Waals surface area contributed by atoms with E-state index in [1.54, 1.807) is 42.9 Å². The van der Waals surface area contributed by atoms with E-state index in [4.69, 9.17) is 0 Å². The normalized spacial score (nSPS) is 11.7. The lowest BCUT2D eigenvalue weighted by atomic mass is 10.1. The van der Waals surface area contributed by atoms with Crippen molar-refractivity contribution in [1.29, 1.82) is 0 Å². The van der Waals surface area contributed by atoms with Gasteiger partial charge in [-0.25, -0.2) is 0 Å². The molecule has 1 aromatic carbocycles. The van der Waals surface area contributed by atoms with E-state index in [1.807, 2.05) is 0 Å². The van der Waals surface area contributed by atoms with Crippen LogP contribution < -0.4 is 15.4 Å². The molecule has 0 atom stereocenters. The second-order valence-corrected chi connectivity index (χ2v) is 9.47. The predicted octanol–water partition coefficient (Wildman–Crippen LogP) is 3.06. The van der Waals surface area contributed by atoms with Crippen LogP contribution in [0.4, 0.5) is 19.0 Å². The zero-order chi connectivity index (χ0) is 28.5. The summed E-state index contributed by atoms with van der Waals surface area (Å²) in [7, 11) is 0. The van der Waals surface area contributed by atoms with E-state index in [2.05, 4.69) is 35.9 Å². The highest BCUT2D eigenvalue weighted by atomic mass is 19.4. The summed E-state index contributed by atoms with van der Waals surface area (Å²) in [5, 5.41) is 30.8. The van der Waals surface area contributed by atoms with E-state index in [0.717, 1.165) is 18.5 Å². The molecule has 0 radical (unpaired) electrons. The molecule has 0 spiro atoms. The summed E-state index contributed by atoms with van der Waals surface area (Å²) in [6.45, 7) is 3.83. The Bertz CT molecular complexity index is 1240. The average molecular weight is 550 g/mol. The molecule has 0 aliphatic carbocycles. The van der Waals surface area contributed by atoms with Gasteiger partial charge in [-0.2, -0.15) is 5.10 Å². The van der Waals surface area contributed by atoms with E-state index in [-0.39, 0.29) is 42.6 Å². The van der Waals surface area contributed by atoms with E-state index in [9.17, 15) is 27.9 Å². The maximum absolute atomic E-state index is 12.4. The number of aryl methyl sites for hydroxylation is 3. The third-order valence-electron chi connectivity index (χ3n) is 5.28. The monoisotopic (exact) mass is 549 g/mol. The first-order chi connectivity index (χ1) is 18.4. The molecule has 2 heterocycles. The van der Waals surface area contributed by atoms with Crippen molar-refractivity contribution in [3.05, 3.63) is 59.5 Å². The molecule has 2 aromatic heterocycles. The molecule has 210 valence electrons. The fourth-order valence-corrected chi connectivity index (χ4v) is 3.40. The number of nitrogens with one attached hydrogen (secondary N) is 2. The lowest BCUT2D eigenvalue weighted by Crippen LogP contribution is -2.38. The number of aromatic nitrogens is 5. The van der Waals surface area contributed by atoms with Crippen molar-refractivity contribution < 1.29 is 32.6 Å². The largest absolute Gasteiger partial charge is 0.573 e. The number of ether oxygens (including phenoxy) is 1. The number of nitrogens with zero attached hydrogens (tertiary/aromatic N) is 5. The minimum atomic E-state index is -4.78. The van der Waals surface area contributed by atoms with Crippen LogP contribution >= 0.6 is 0 Å². The van der Waals surface area contributed by atoms with Crippen molar-refractivity contribution in [3.8, 4) is 5.75 Å². The topological polar surface area (TPSA) is 144 Å². The zero-order valence-corrected chi connectivity index (χ0v) is 21.5. The Morgan fingerprint density at radius 3 is 2.54 bits per heavy atom. The number of amides is 2. The molecule has 39 heavy (non-hydrogen) atoms. The van der Waals surface area contributed by atoms with Gasteiger partial charge in [0.15, 0.2) is 11.5 Å². The van der Waals surface area contributed by atoms with E-state index < -0.39 is 17.9 Å². The summed E-state index contributed by atoms with van der Waals surface area (Å²) in [6, 6.07) is 8.87. The molecular formula is C25H30F3N7O4. The summed E-state index contributed by atoms with van der Waals surface area (Å²) in [5.74, 6) is -0.814. The third-order valence-corrected chi connectivity index (χ3v) is 5.28. The predicted molar refractivity (Wildman–Crippen MR) is 134 cm³/mol. The third kappa shape index (κ3) is 11.1. The maximum Gasteiger partial charge on any atom is 0.573 e. The van der Waals surface area contributed by atoms with Crippen LogP contribution in [-0.4, -0.2) is 60.6 Å². The van der Waals surface area contributed by atoms with Crippen molar-refractivity contribution in [2.75, 3.05) is 11.9 Å². The van der Waals surface area contributed by atoms with Crippen LogP contribution in [0.3, 0.4) is 0 Å². The summed E-state index contributed by atoms with van der Waals surface area (Å²) in [4.78, 5) is 24.3. The van der Waals surface area contributed by atoms with Crippen LogP contribution in [0.1, 0.15) is 54.9 Å². The van der Waals surface area contributed by atoms with Crippen LogP contribution in [0, 0.1) is 0 Å². The lowest BCUT2D eigenvalue weighted by molar-refractivity contribution is -0.274. The van der Waals surface area contributed by atoms with Crippen molar-refractivity contribution in [3.63, 3.8) is 0 Å². The summed E-state index contributed by atoms with van der Waals surface area (Å²) in [5.41, 5.74) is 0.419. The van der Waals surface area contributed by atoms with Crippen LogP contribution in [-0.2, 0) is 24.2 Å². The maximum atomic E-state index is 12.4. The number of carbonyl (C=O) groups excluding carboxylic acids is 2. The first-order valence-electron chi connectivity index (χ1n) is 12.2. The van der Waals surface area contributed by atoms with Crippen LogP contribution in [0.25, 0.3) is 0 Å². The van der Waals surface area contributed by atoms with Crippen molar-refractivity contribution in [1.82, 2.24) is 30.5 Å². The number of hydrogen-bond acceptors (Lipinski definition) is 8. The highest BCUT2D eigenvalue weighted by molar-refractivity contribution is 5.91. The summed E-state index contributed by atoms with van der Waals surface area (Å²) in [6.07, 6.45) is -0.785. The second-order valence-electron chi connectivity index (χ2n) is 9.47. The van der Waals surface area contributed by atoms with Gasteiger partial charge in [0.2, 0.25) is 5.91 Å². The van der Waals surface area contributed by atoms with Crippen molar-refractivity contribution >= 4 is 17.6 Å². The number of alkyl halides is 3. The van der Waals surface area contributed by atoms with Gasteiger partial charge in [-0.3, -0.25) is 14.3 Å². The van der Waals surface area contributed by atoms with Crippen molar-refractivity contribution in [2.24, 2.45) is 0 Å². The molecule has 3 rings (SSSR count). The number of aliphatic hydroxyl groups is 1. The van der Waals surface area contributed by atoms with Gasteiger partial charge in [0.1, 0.15) is 5.75 Å². The summed E-state index contributed by atoms with van der Waals surface area (Å²) >= 11 is 0. The highest BCUT2D eigenvalue weighted by Crippen LogP contribution is 2.23. The van der Waals surface area contributed by atoms with Crippen LogP contribution in [0.15, 0.2) is 42.6 Å². The molecule has 0 aliphatic rings. The molecule has 0 unspecified atom stereocenters. The number of carbonyl (C=O) groups is 2. The van der Waals surface area contributed by atoms with E-state index in [0.29, 0.717) is 18.5 Å². The smallest absolute Gasteiger partial charge is 0.406 e. The van der Waals surface area contributed by atoms with E-state index >= 15 is 0 Å². The standard InChI is InChI=1S/C25H30F3N7O4/c1-24(2,38)16-29-23(37)20-15-35(34-32-20)13-4-3-7-18-10-11-21(33-31-18)30-22(36)12-9-17-6-5-8-19(14-17)39-25(26,27)28/h5-6,8,10-11,14-15,38H,3-4,7,9,12-13,16H2,1-2H3,(H,29,37)(H,30,33,36). The minimum Gasteiger partial charge on any atom is -0.406 e. The van der Waals surface area contributed by atoms with Crippen LogP contribution in [0.2, 0.25) is 0 Å². The molecule has 0 saturated carbocycles. The molecule has 0 saturated heterocycles. The Labute approximate surface area is 222 Å². The van der Waals surface area contributed by atoms with Gasteiger partial charge in [-0.05, 0) is 69.4 Å². The number of halogens is 3. The molecule has 14 heteroatoms. The number of rotatable bonds is 13. The minimum absolute atomic E-state index is 0.0456. The zero-order valence-electron chi connectivity index (χ0n) is 21.5. The van der Waals surface area contributed by atoms with Gasteiger partial charge in [0, 0.05) is 19.5 Å². The van der Waals surface area contributed by atoms with E-state index in [1.165, 1.54) is 18.2 Å². The molecule has 0 fully saturated rings. The SMILES string of the molecule is CC(C)(O)CNC(=O)c1cn(CCCCc2ccc(NC(=O)CCc3cccc(OC(F)(F)F)c3)nn2)nn1. The van der Waals surface area contributed by atoms with Crippen molar-refractivity contribution in [2.45, 2.75) is 64.5 Å². The molecular weight excluding hydrogens is 519 g/mol. The fraction of sp³-hybridized carbons (Fsp3) is 0.440. The molecule has 11 nitrogen and oxygen atoms in total. The van der Waals surface area contributed by atoms with Gasteiger partial charge in [0.25, 0.3) is 5.91 Å². The first kappa shape index (κ1) is 29.5. The number of hydrogen-bond donors (Lipinski definition) is 3. The molecule has 0 bridgehead atoms. The Kier molecular flexibility index (Phi) is 9.93. The Balaban J connectivity index is 1.36. The van der Waals surface area contributed by atoms with Crippen LogP contribution in [0.5, 0.6) is 5.75 Å². The summed E-state index contributed by atoms with van der Waals surface area (Å²) < 4.78 is 42.6. The first-order valence-corrected chi connectivity index (χ1v) is 12.2. The Morgan fingerprint density at radius 1 is 1.05 bits per heavy atom.